The highest BCUT2D eigenvalue weighted by molar-refractivity contribution is 5.79. The summed E-state index contributed by atoms with van der Waals surface area (Å²) >= 11 is 0. The largest absolute Gasteiger partial charge is 0.378 e. The Labute approximate surface area is 171 Å². The minimum Gasteiger partial charge on any atom is -0.378 e. The Morgan fingerprint density at radius 1 is 1.07 bits per heavy atom. The van der Waals surface area contributed by atoms with Crippen molar-refractivity contribution in [1.82, 2.24) is 14.0 Å². The van der Waals surface area contributed by atoms with Crippen molar-refractivity contribution in [3.8, 4) is 11.8 Å². The van der Waals surface area contributed by atoms with Crippen molar-refractivity contribution >= 4 is 22.4 Å². The van der Waals surface area contributed by atoms with Gasteiger partial charge in [0.2, 0.25) is 0 Å². The molecule has 0 unspecified atom stereocenters. The number of hydrogen-bond donors (Lipinski definition) is 1. The number of fused-ring (bicyclic) bond motifs is 2. The molecule has 0 radical (unpaired) electrons. The zero-order valence-corrected chi connectivity index (χ0v) is 16.1. The first-order valence-electron chi connectivity index (χ1n) is 9.62. The molecule has 1 aliphatic heterocycles. The summed E-state index contributed by atoms with van der Waals surface area (Å²) in [5.41, 5.74) is 2.42. The van der Waals surface area contributed by atoms with Gasteiger partial charge in [-0.2, -0.15) is 5.26 Å². The Balaban J connectivity index is 1.75. The fourth-order valence-electron chi connectivity index (χ4n) is 3.80. The quantitative estimate of drug-likeness (QED) is 0.519. The van der Waals surface area contributed by atoms with Crippen LogP contribution < -0.4 is 15.9 Å². The lowest BCUT2D eigenvalue weighted by Gasteiger charge is -2.29. The van der Waals surface area contributed by atoms with Gasteiger partial charge in [0.05, 0.1) is 24.2 Å². The third-order valence-corrected chi connectivity index (χ3v) is 5.33. The van der Waals surface area contributed by atoms with E-state index in [2.05, 4.69) is 9.88 Å². The molecule has 0 saturated carbocycles. The van der Waals surface area contributed by atoms with Crippen LogP contribution in [0.4, 0.5) is 5.69 Å². The molecule has 30 heavy (non-hydrogen) atoms. The van der Waals surface area contributed by atoms with Gasteiger partial charge >= 0.3 is 0 Å². The van der Waals surface area contributed by atoms with Gasteiger partial charge in [-0.1, -0.05) is 6.07 Å². The SMILES string of the molecule is N#Cc1cc2c(=O)n3ccccc3nc2n(-c2ccc(N3CCOCC3)cc2)c1=N. The average Bonchev–Trinajstić information content (AvgIpc) is 2.80. The minimum atomic E-state index is -0.272. The van der Waals surface area contributed by atoms with Gasteiger partial charge in [-0.15, -0.1) is 0 Å². The molecule has 4 aromatic rings. The smallest absolute Gasteiger partial charge is 0.267 e. The van der Waals surface area contributed by atoms with Gasteiger partial charge in [-0.25, -0.2) is 4.98 Å². The number of benzene rings is 1. The molecule has 1 aromatic carbocycles. The number of aromatic nitrogens is 3. The monoisotopic (exact) mass is 398 g/mol. The van der Waals surface area contributed by atoms with Crippen molar-refractivity contribution in [2.45, 2.75) is 0 Å². The Morgan fingerprint density at radius 2 is 1.80 bits per heavy atom. The lowest BCUT2D eigenvalue weighted by Crippen LogP contribution is -2.36. The van der Waals surface area contributed by atoms with E-state index in [9.17, 15) is 10.1 Å². The maximum absolute atomic E-state index is 13.0. The van der Waals surface area contributed by atoms with E-state index in [1.807, 2.05) is 30.3 Å². The van der Waals surface area contributed by atoms with Crippen LogP contribution >= 0.6 is 0 Å². The highest BCUT2D eigenvalue weighted by Crippen LogP contribution is 2.20. The van der Waals surface area contributed by atoms with Crippen LogP contribution in [0.5, 0.6) is 0 Å². The second-order valence-corrected chi connectivity index (χ2v) is 7.05. The predicted molar refractivity (Wildman–Crippen MR) is 112 cm³/mol. The van der Waals surface area contributed by atoms with Crippen LogP contribution in [-0.2, 0) is 4.74 Å². The number of morpholine rings is 1. The van der Waals surface area contributed by atoms with Gasteiger partial charge in [0.15, 0.2) is 5.65 Å². The maximum atomic E-state index is 13.0. The first kappa shape index (κ1) is 18.1. The molecule has 1 fully saturated rings. The van der Waals surface area contributed by atoms with E-state index in [1.54, 1.807) is 29.0 Å². The van der Waals surface area contributed by atoms with E-state index in [-0.39, 0.29) is 16.6 Å². The van der Waals surface area contributed by atoms with Crippen LogP contribution in [0.15, 0.2) is 59.5 Å². The molecule has 0 atom stereocenters. The second kappa shape index (κ2) is 7.13. The molecule has 4 heterocycles. The van der Waals surface area contributed by atoms with E-state index in [0.29, 0.717) is 35.6 Å². The fraction of sp³-hybridized carbons (Fsp3) is 0.182. The topological polar surface area (TPSA) is 99.4 Å². The molecular formula is C22H18N6O2. The molecule has 1 saturated heterocycles. The summed E-state index contributed by atoms with van der Waals surface area (Å²) in [5.74, 6) is 0. The first-order chi connectivity index (χ1) is 14.7. The molecule has 0 aliphatic carbocycles. The molecule has 8 heteroatoms. The third-order valence-electron chi connectivity index (χ3n) is 5.33. The van der Waals surface area contributed by atoms with Crippen LogP contribution in [0.25, 0.3) is 22.4 Å². The Hall–Kier alpha value is -3.96. The standard InChI is InChI=1S/C22H18N6O2/c23-14-15-13-18-21(25-19-3-1-2-8-27(19)22(18)29)28(20(15)24)17-6-4-16(5-7-17)26-9-11-30-12-10-26/h1-8,13,24H,9-12H2. The summed E-state index contributed by atoms with van der Waals surface area (Å²) in [5, 5.41) is 18.4. The molecule has 1 N–H and O–H groups in total. The minimum absolute atomic E-state index is 0.00342. The Morgan fingerprint density at radius 3 is 2.53 bits per heavy atom. The normalized spacial score (nSPS) is 14.2. The fourth-order valence-corrected chi connectivity index (χ4v) is 3.80. The van der Waals surface area contributed by atoms with Gasteiger partial charge in [0.1, 0.15) is 17.2 Å². The Kier molecular flexibility index (Phi) is 4.30. The van der Waals surface area contributed by atoms with Crippen molar-refractivity contribution in [2.24, 2.45) is 0 Å². The Bertz CT molecular complexity index is 1420. The number of nitriles is 1. The molecule has 3 aromatic heterocycles. The lowest BCUT2D eigenvalue weighted by molar-refractivity contribution is 0.122. The number of hydrogen-bond acceptors (Lipinski definition) is 6. The van der Waals surface area contributed by atoms with Gasteiger partial charge in [-0.05, 0) is 42.5 Å². The summed E-state index contributed by atoms with van der Waals surface area (Å²) in [6.45, 7) is 3.05. The van der Waals surface area contributed by atoms with E-state index in [4.69, 9.17) is 10.1 Å². The summed E-state index contributed by atoms with van der Waals surface area (Å²) in [4.78, 5) is 19.9. The van der Waals surface area contributed by atoms with Gasteiger partial charge < -0.3 is 9.64 Å². The van der Waals surface area contributed by atoms with Crippen LogP contribution in [0.1, 0.15) is 5.56 Å². The van der Waals surface area contributed by atoms with Crippen LogP contribution in [0.3, 0.4) is 0 Å². The molecule has 0 bridgehead atoms. The summed E-state index contributed by atoms with van der Waals surface area (Å²) in [7, 11) is 0. The van der Waals surface area contributed by atoms with Crippen molar-refractivity contribution in [3.63, 3.8) is 0 Å². The van der Waals surface area contributed by atoms with E-state index in [0.717, 1.165) is 18.8 Å². The highest BCUT2D eigenvalue weighted by atomic mass is 16.5. The molecule has 0 spiro atoms. The van der Waals surface area contributed by atoms with Crippen molar-refractivity contribution < 1.29 is 4.74 Å². The number of pyridine rings is 2. The number of rotatable bonds is 2. The van der Waals surface area contributed by atoms with Crippen molar-refractivity contribution in [1.29, 1.82) is 10.7 Å². The average molecular weight is 398 g/mol. The molecule has 8 nitrogen and oxygen atoms in total. The van der Waals surface area contributed by atoms with Gasteiger partial charge in [0, 0.05) is 30.7 Å². The molecule has 1 aliphatic rings. The zero-order valence-electron chi connectivity index (χ0n) is 16.1. The van der Waals surface area contributed by atoms with Crippen molar-refractivity contribution in [3.05, 3.63) is 76.1 Å². The highest BCUT2D eigenvalue weighted by Gasteiger charge is 2.16. The maximum Gasteiger partial charge on any atom is 0.267 e. The van der Waals surface area contributed by atoms with Gasteiger partial charge in [0.25, 0.3) is 5.56 Å². The van der Waals surface area contributed by atoms with E-state index < -0.39 is 0 Å². The first-order valence-corrected chi connectivity index (χ1v) is 9.62. The third kappa shape index (κ3) is 2.84. The van der Waals surface area contributed by atoms with Crippen molar-refractivity contribution in [2.75, 3.05) is 31.2 Å². The molecule has 5 rings (SSSR count). The number of nitrogens with one attached hydrogen (secondary N) is 1. The second-order valence-electron chi connectivity index (χ2n) is 7.05. The number of anilines is 1. The van der Waals surface area contributed by atoms with Gasteiger partial charge in [-0.3, -0.25) is 19.2 Å². The molecular weight excluding hydrogens is 380 g/mol. The molecule has 148 valence electrons. The summed E-state index contributed by atoms with van der Waals surface area (Å²) in [6, 6.07) is 16.5. The summed E-state index contributed by atoms with van der Waals surface area (Å²) in [6.07, 6.45) is 1.65. The summed E-state index contributed by atoms with van der Waals surface area (Å²) < 4.78 is 8.41. The van der Waals surface area contributed by atoms with Crippen LogP contribution in [0.2, 0.25) is 0 Å². The lowest BCUT2D eigenvalue weighted by atomic mass is 10.2. The number of nitrogens with zero attached hydrogens (tertiary/aromatic N) is 5. The van der Waals surface area contributed by atoms with E-state index in [1.165, 1.54) is 10.5 Å². The molecule has 0 amide bonds. The predicted octanol–water partition coefficient (Wildman–Crippen LogP) is 1.83. The van der Waals surface area contributed by atoms with Crippen LogP contribution in [-0.4, -0.2) is 40.3 Å². The van der Waals surface area contributed by atoms with Crippen LogP contribution in [0, 0.1) is 16.7 Å². The zero-order chi connectivity index (χ0) is 20.7. The number of ether oxygens (including phenoxy) is 1. The van der Waals surface area contributed by atoms with E-state index >= 15 is 0 Å².